The third-order valence-electron chi connectivity index (χ3n) is 3.35. The molecule has 0 spiro atoms. The first kappa shape index (κ1) is 16.0. The Hall–Kier alpha value is -2.87. The van der Waals surface area contributed by atoms with Crippen LogP contribution >= 0.6 is 0 Å². The van der Waals surface area contributed by atoms with E-state index in [4.69, 9.17) is 4.42 Å². The van der Waals surface area contributed by atoms with E-state index in [9.17, 15) is 13.2 Å². The number of hydrogen-bond donors (Lipinski definition) is 1. The number of nitrogens with zero attached hydrogens (tertiary/aromatic N) is 1. The lowest BCUT2D eigenvalue weighted by molar-refractivity contribution is 0.0602. The van der Waals surface area contributed by atoms with Gasteiger partial charge in [0.15, 0.2) is 11.5 Å². The maximum absolute atomic E-state index is 12.6. The number of methoxy groups -OCH3 is 1. The summed E-state index contributed by atoms with van der Waals surface area (Å²) in [4.78, 5) is 15.9. The molecular formula is C16H14N2O5S. The second-order valence-electron chi connectivity index (χ2n) is 5.01. The van der Waals surface area contributed by atoms with Gasteiger partial charge in [0, 0.05) is 13.0 Å². The first-order valence-electron chi connectivity index (χ1n) is 6.98. The van der Waals surface area contributed by atoms with Crippen LogP contribution in [0, 0.1) is 6.92 Å². The first-order chi connectivity index (χ1) is 11.4. The Morgan fingerprint density at radius 2 is 1.96 bits per heavy atom. The SMILES string of the molecule is COC(=O)c1ccccc1NS(=O)(=O)c1ccc2nc(C)oc2c1. The summed E-state index contributed by atoms with van der Waals surface area (Å²) in [7, 11) is -2.68. The summed E-state index contributed by atoms with van der Waals surface area (Å²) in [5.74, 6) is -0.182. The number of aryl methyl sites for hydroxylation is 1. The van der Waals surface area contributed by atoms with Gasteiger partial charge in [0.2, 0.25) is 0 Å². The lowest BCUT2D eigenvalue weighted by Crippen LogP contribution is -2.16. The molecule has 0 atom stereocenters. The fraction of sp³-hybridized carbons (Fsp3) is 0.125. The topological polar surface area (TPSA) is 98.5 Å². The Kier molecular flexibility index (Phi) is 3.98. The second kappa shape index (κ2) is 5.97. The van der Waals surface area contributed by atoms with Crippen LogP contribution in [0.5, 0.6) is 0 Å². The zero-order valence-corrected chi connectivity index (χ0v) is 13.8. The lowest BCUT2D eigenvalue weighted by Gasteiger charge is -2.11. The summed E-state index contributed by atoms with van der Waals surface area (Å²) < 4.78 is 37.6. The third kappa shape index (κ3) is 2.95. The fourth-order valence-electron chi connectivity index (χ4n) is 2.25. The number of benzene rings is 2. The zero-order chi connectivity index (χ0) is 17.3. The highest BCUT2D eigenvalue weighted by atomic mass is 32.2. The van der Waals surface area contributed by atoms with Gasteiger partial charge >= 0.3 is 5.97 Å². The third-order valence-corrected chi connectivity index (χ3v) is 4.72. The van der Waals surface area contributed by atoms with Crippen LogP contribution in [0.4, 0.5) is 5.69 Å². The molecule has 124 valence electrons. The van der Waals surface area contributed by atoms with Crippen LogP contribution in [0.15, 0.2) is 51.8 Å². The largest absolute Gasteiger partial charge is 0.465 e. The number of fused-ring (bicyclic) bond motifs is 1. The number of ether oxygens (including phenoxy) is 1. The summed E-state index contributed by atoms with van der Waals surface area (Å²) in [6.45, 7) is 1.68. The molecule has 0 saturated carbocycles. The molecule has 1 aromatic heterocycles. The van der Waals surface area contributed by atoms with Crippen molar-refractivity contribution < 1.29 is 22.4 Å². The number of aromatic nitrogens is 1. The molecule has 0 amide bonds. The molecule has 0 bridgehead atoms. The summed E-state index contributed by atoms with van der Waals surface area (Å²) >= 11 is 0. The Bertz CT molecular complexity index is 1020. The minimum absolute atomic E-state index is 0.00539. The average Bonchev–Trinajstić information content (AvgIpc) is 2.93. The van der Waals surface area contributed by atoms with Gasteiger partial charge in [-0.25, -0.2) is 18.2 Å². The predicted molar refractivity (Wildman–Crippen MR) is 87.3 cm³/mol. The maximum Gasteiger partial charge on any atom is 0.339 e. The lowest BCUT2D eigenvalue weighted by atomic mass is 10.2. The number of carbonyl (C=O) groups is 1. The van der Waals surface area contributed by atoms with Gasteiger partial charge < -0.3 is 9.15 Å². The fourth-order valence-corrected chi connectivity index (χ4v) is 3.35. The molecule has 0 aliphatic heterocycles. The molecule has 0 fully saturated rings. The van der Waals surface area contributed by atoms with Crippen LogP contribution in [0.25, 0.3) is 11.1 Å². The van der Waals surface area contributed by atoms with E-state index in [-0.39, 0.29) is 16.1 Å². The minimum atomic E-state index is -3.91. The number of hydrogen-bond acceptors (Lipinski definition) is 6. The van der Waals surface area contributed by atoms with Crippen molar-refractivity contribution in [1.82, 2.24) is 4.98 Å². The molecule has 2 aromatic carbocycles. The van der Waals surface area contributed by atoms with Gasteiger partial charge in [-0.15, -0.1) is 0 Å². The monoisotopic (exact) mass is 346 g/mol. The van der Waals surface area contributed by atoms with E-state index < -0.39 is 16.0 Å². The highest BCUT2D eigenvalue weighted by Crippen LogP contribution is 2.24. The van der Waals surface area contributed by atoms with Gasteiger partial charge in [-0.1, -0.05) is 12.1 Å². The molecule has 0 aliphatic rings. The van der Waals surface area contributed by atoms with E-state index in [1.807, 2.05) is 0 Å². The Labute approximate surface area is 138 Å². The smallest absolute Gasteiger partial charge is 0.339 e. The molecule has 8 heteroatoms. The van der Waals surface area contributed by atoms with Crippen LogP contribution in [0.2, 0.25) is 0 Å². The van der Waals surface area contributed by atoms with Gasteiger partial charge in [0.1, 0.15) is 5.52 Å². The van der Waals surface area contributed by atoms with E-state index >= 15 is 0 Å². The van der Waals surface area contributed by atoms with Gasteiger partial charge in [-0.2, -0.15) is 0 Å². The van der Waals surface area contributed by atoms with Crippen molar-refractivity contribution in [3.8, 4) is 0 Å². The molecule has 0 saturated heterocycles. The quantitative estimate of drug-likeness (QED) is 0.729. The summed E-state index contributed by atoms with van der Waals surface area (Å²) in [5, 5.41) is 0. The van der Waals surface area contributed by atoms with E-state index in [0.717, 1.165) is 0 Å². The molecule has 3 aromatic rings. The molecule has 1 heterocycles. The van der Waals surface area contributed by atoms with E-state index in [0.29, 0.717) is 17.0 Å². The van der Waals surface area contributed by atoms with Gasteiger partial charge in [-0.05, 0) is 24.3 Å². The van der Waals surface area contributed by atoms with Crippen molar-refractivity contribution in [2.75, 3.05) is 11.8 Å². The first-order valence-corrected chi connectivity index (χ1v) is 8.46. The standard InChI is InChI=1S/C16H14N2O5S/c1-10-17-14-8-7-11(9-15(14)23-10)24(20,21)18-13-6-4-3-5-12(13)16(19)22-2/h3-9,18H,1-2H3. The number of anilines is 1. The van der Waals surface area contributed by atoms with Crippen LogP contribution in [0.1, 0.15) is 16.2 Å². The normalized spacial score (nSPS) is 11.4. The number of para-hydroxylation sites is 1. The molecule has 3 rings (SSSR count). The van der Waals surface area contributed by atoms with E-state index in [1.165, 1.54) is 31.4 Å². The van der Waals surface area contributed by atoms with E-state index in [1.54, 1.807) is 25.1 Å². The van der Waals surface area contributed by atoms with Gasteiger partial charge in [0.25, 0.3) is 10.0 Å². The Morgan fingerprint density at radius 1 is 1.21 bits per heavy atom. The summed E-state index contributed by atoms with van der Waals surface area (Å²) in [6.07, 6.45) is 0. The number of oxazole rings is 1. The van der Waals surface area contributed by atoms with Gasteiger partial charge in [0.05, 0.1) is 23.3 Å². The van der Waals surface area contributed by atoms with Gasteiger partial charge in [-0.3, -0.25) is 4.72 Å². The van der Waals surface area contributed by atoms with Crippen molar-refractivity contribution >= 4 is 32.8 Å². The molecule has 0 radical (unpaired) electrons. The number of rotatable bonds is 4. The van der Waals surface area contributed by atoms with Crippen molar-refractivity contribution in [2.24, 2.45) is 0 Å². The summed E-state index contributed by atoms with van der Waals surface area (Å²) in [6, 6.07) is 10.6. The van der Waals surface area contributed by atoms with Crippen molar-refractivity contribution in [2.45, 2.75) is 11.8 Å². The summed E-state index contributed by atoms with van der Waals surface area (Å²) in [5.41, 5.74) is 1.20. The molecule has 1 N–H and O–H groups in total. The number of carbonyl (C=O) groups excluding carboxylic acids is 1. The van der Waals surface area contributed by atoms with Crippen LogP contribution in [0.3, 0.4) is 0 Å². The second-order valence-corrected chi connectivity index (χ2v) is 6.69. The number of nitrogens with one attached hydrogen (secondary N) is 1. The van der Waals surface area contributed by atoms with Crippen LogP contribution in [-0.4, -0.2) is 26.5 Å². The minimum Gasteiger partial charge on any atom is -0.465 e. The maximum atomic E-state index is 12.6. The Morgan fingerprint density at radius 3 is 2.71 bits per heavy atom. The van der Waals surface area contributed by atoms with Crippen molar-refractivity contribution in [1.29, 1.82) is 0 Å². The molecular weight excluding hydrogens is 332 g/mol. The van der Waals surface area contributed by atoms with E-state index in [2.05, 4.69) is 14.4 Å². The molecule has 0 unspecified atom stereocenters. The predicted octanol–water partition coefficient (Wildman–Crippen LogP) is 2.72. The Balaban J connectivity index is 2.00. The molecule has 24 heavy (non-hydrogen) atoms. The van der Waals surface area contributed by atoms with Crippen molar-refractivity contribution in [3.63, 3.8) is 0 Å². The highest BCUT2D eigenvalue weighted by Gasteiger charge is 2.20. The molecule has 7 nitrogen and oxygen atoms in total. The molecule has 0 aliphatic carbocycles. The highest BCUT2D eigenvalue weighted by molar-refractivity contribution is 7.92. The average molecular weight is 346 g/mol. The zero-order valence-electron chi connectivity index (χ0n) is 12.9. The van der Waals surface area contributed by atoms with Crippen molar-refractivity contribution in [3.05, 3.63) is 53.9 Å². The van der Waals surface area contributed by atoms with Crippen LogP contribution < -0.4 is 4.72 Å². The van der Waals surface area contributed by atoms with Crippen LogP contribution in [-0.2, 0) is 14.8 Å². The number of esters is 1. The number of sulfonamides is 1.